The van der Waals surface area contributed by atoms with Gasteiger partial charge in [0, 0.05) is 31.0 Å². The first-order valence-corrected chi connectivity index (χ1v) is 6.46. The van der Waals surface area contributed by atoms with Gasteiger partial charge in [0.25, 0.3) is 0 Å². The molecule has 1 N–H and O–H groups in total. The van der Waals surface area contributed by atoms with E-state index in [1.807, 2.05) is 19.3 Å². The highest BCUT2D eigenvalue weighted by molar-refractivity contribution is 5.18. The molecular formula is C14H22N2O. The van der Waals surface area contributed by atoms with E-state index in [9.17, 15) is 0 Å². The lowest BCUT2D eigenvalue weighted by atomic mass is 9.90. The van der Waals surface area contributed by atoms with Crippen LogP contribution in [0.25, 0.3) is 0 Å². The normalized spacial score (nSPS) is 22.4. The molecule has 17 heavy (non-hydrogen) atoms. The summed E-state index contributed by atoms with van der Waals surface area (Å²) in [5.41, 5.74) is 2.49. The van der Waals surface area contributed by atoms with Gasteiger partial charge >= 0.3 is 0 Å². The maximum atomic E-state index is 5.57. The summed E-state index contributed by atoms with van der Waals surface area (Å²) < 4.78 is 5.57. The molecule has 1 fully saturated rings. The van der Waals surface area contributed by atoms with Crippen molar-refractivity contribution in [3.63, 3.8) is 0 Å². The summed E-state index contributed by atoms with van der Waals surface area (Å²) >= 11 is 0. The smallest absolute Gasteiger partial charge is 0.0509 e. The van der Waals surface area contributed by atoms with Crippen molar-refractivity contribution < 1.29 is 4.74 Å². The van der Waals surface area contributed by atoms with Crippen molar-refractivity contribution in [2.24, 2.45) is 5.92 Å². The predicted octanol–water partition coefficient (Wildman–Crippen LogP) is 1.95. The maximum absolute atomic E-state index is 5.57. The first kappa shape index (κ1) is 12.5. The van der Waals surface area contributed by atoms with Crippen molar-refractivity contribution in [2.45, 2.75) is 32.2 Å². The van der Waals surface area contributed by atoms with Gasteiger partial charge in [0.1, 0.15) is 0 Å². The van der Waals surface area contributed by atoms with Crippen LogP contribution in [-0.4, -0.2) is 31.3 Å². The minimum atomic E-state index is 0.476. The van der Waals surface area contributed by atoms with E-state index >= 15 is 0 Å². The van der Waals surface area contributed by atoms with Crippen molar-refractivity contribution >= 4 is 0 Å². The van der Waals surface area contributed by atoms with Crippen molar-refractivity contribution in [1.82, 2.24) is 10.3 Å². The third-order valence-corrected chi connectivity index (χ3v) is 3.67. The van der Waals surface area contributed by atoms with Crippen molar-refractivity contribution in [1.29, 1.82) is 0 Å². The van der Waals surface area contributed by atoms with Crippen LogP contribution in [0, 0.1) is 12.8 Å². The molecule has 1 aliphatic rings. The largest absolute Gasteiger partial charge is 0.381 e. The number of pyridine rings is 1. The Labute approximate surface area is 104 Å². The topological polar surface area (TPSA) is 34.2 Å². The molecule has 0 aromatic carbocycles. The molecule has 3 heteroatoms. The molecule has 0 spiro atoms. The van der Waals surface area contributed by atoms with E-state index < -0.39 is 0 Å². The molecule has 2 atom stereocenters. The van der Waals surface area contributed by atoms with Gasteiger partial charge in [-0.1, -0.05) is 6.07 Å². The molecule has 3 nitrogen and oxygen atoms in total. The van der Waals surface area contributed by atoms with E-state index in [0.29, 0.717) is 12.0 Å². The number of nitrogens with zero attached hydrogens (tertiary/aromatic N) is 1. The van der Waals surface area contributed by atoms with E-state index in [2.05, 4.69) is 23.3 Å². The molecule has 94 valence electrons. The van der Waals surface area contributed by atoms with Crippen molar-refractivity contribution in [3.05, 3.63) is 29.6 Å². The fourth-order valence-electron chi connectivity index (χ4n) is 2.53. The Morgan fingerprint density at radius 3 is 3.12 bits per heavy atom. The summed E-state index contributed by atoms with van der Waals surface area (Å²) in [6.07, 6.45) is 5.32. The Bertz CT molecular complexity index is 348. The van der Waals surface area contributed by atoms with Crippen LogP contribution in [0.4, 0.5) is 0 Å². The fraction of sp³-hybridized carbons (Fsp3) is 0.643. The zero-order chi connectivity index (χ0) is 12.1. The molecule has 1 aromatic rings. The zero-order valence-corrected chi connectivity index (χ0v) is 10.8. The van der Waals surface area contributed by atoms with E-state index in [-0.39, 0.29) is 0 Å². The number of aromatic nitrogens is 1. The molecule has 1 saturated heterocycles. The quantitative estimate of drug-likeness (QED) is 0.864. The number of hydrogen-bond donors (Lipinski definition) is 1. The van der Waals surface area contributed by atoms with Crippen LogP contribution < -0.4 is 5.32 Å². The lowest BCUT2D eigenvalue weighted by Crippen LogP contribution is -2.40. The summed E-state index contributed by atoms with van der Waals surface area (Å²) in [6, 6.07) is 4.60. The molecule has 0 bridgehead atoms. The summed E-state index contributed by atoms with van der Waals surface area (Å²) in [5.74, 6) is 0.621. The number of aryl methyl sites for hydroxylation is 1. The molecule has 2 heterocycles. The Hall–Kier alpha value is -0.930. The fourth-order valence-corrected chi connectivity index (χ4v) is 2.53. The predicted molar refractivity (Wildman–Crippen MR) is 69.1 cm³/mol. The minimum absolute atomic E-state index is 0.476. The highest BCUT2D eigenvalue weighted by Crippen LogP contribution is 2.20. The Kier molecular flexibility index (Phi) is 4.51. The van der Waals surface area contributed by atoms with Gasteiger partial charge < -0.3 is 10.1 Å². The average molecular weight is 234 g/mol. The molecule has 0 amide bonds. The third-order valence-electron chi connectivity index (χ3n) is 3.67. The van der Waals surface area contributed by atoms with Gasteiger partial charge in [-0.15, -0.1) is 0 Å². The second-order valence-electron chi connectivity index (χ2n) is 4.84. The lowest BCUT2D eigenvalue weighted by molar-refractivity contribution is 0.0403. The van der Waals surface area contributed by atoms with Crippen LogP contribution >= 0.6 is 0 Å². The van der Waals surface area contributed by atoms with Crippen LogP contribution in [0.1, 0.15) is 24.1 Å². The molecule has 2 unspecified atom stereocenters. The SMILES string of the molecule is CNC(Cc1ncccc1C)C1CCCOC1. The number of hydrogen-bond acceptors (Lipinski definition) is 3. The summed E-state index contributed by atoms with van der Waals surface area (Å²) in [6.45, 7) is 3.94. The van der Waals surface area contributed by atoms with Gasteiger partial charge in [-0.05, 0) is 44.4 Å². The summed E-state index contributed by atoms with van der Waals surface area (Å²) in [5, 5.41) is 3.43. The minimum Gasteiger partial charge on any atom is -0.381 e. The maximum Gasteiger partial charge on any atom is 0.0509 e. The van der Waals surface area contributed by atoms with E-state index in [0.717, 1.165) is 19.6 Å². The van der Waals surface area contributed by atoms with Crippen molar-refractivity contribution in [2.75, 3.05) is 20.3 Å². The molecule has 2 rings (SSSR count). The summed E-state index contributed by atoms with van der Waals surface area (Å²) in [4.78, 5) is 4.48. The number of likely N-dealkylation sites (N-methyl/N-ethyl adjacent to an activating group) is 1. The zero-order valence-electron chi connectivity index (χ0n) is 10.8. The van der Waals surface area contributed by atoms with Crippen molar-refractivity contribution in [3.8, 4) is 0 Å². The molecular weight excluding hydrogens is 212 g/mol. The van der Waals surface area contributed by atoms with E-state index in [4.69, 9.17) is 4.74 Å². The summed E-state index contributed by atoms with van der Waals surface area (Å²) in [7, 11) is 2.04. The van der Waals surface area contributed by atoms with Crippen LogP contribution in [0.15, 0.2) is 18.3 Å². The van der Waals surface area contributed by atoms with Gasteiger partial charge in [-0.2, -0.15) is 0 Å². The Morgan fingerprint density at radius 1 is 1.59 bits per heavy atom. The Morgan fingerprint density at radius 2 is 2.47 bits per heavy atom. The molecule has 0 saturated carbocycles. The molecule has 0 aliphatic carbocycles. The molecule has 1 aromatic heterocycles. The first-order chi connectivity index (χ1) is 8.31. The number of ether oxygens (including phenoxy) is 1. The van der Waals surface area contributed by atoms with Gasteiger partial charge in [0.05, 0.1) is 6.61 Å². The highest BCUT2D eigenvalue weighted by atomic mass is 16.5. The van der Waals surface area contributed by atoms with Gasteiger partial charge in [0.2, 0.25) is 0 Å². The van der Waals surface area contributed by atoms with Gasteiger partial charge in [0.15, 0.2) is 0 Å². The first-order valence-electron chi connectivity index (χ1n) is 6.46. The van der Waals surface area contributed by atoms with Crippen LogP contribution in [0.3, 0.4) is 0 Å². The average Bonchev–Trinajstić information content (AvgIpc) is 2.39. The number of rotatable bonds is 4. The Balaban J connectivity index is 2.01. The molecule has 1 aliphatic heterocycles. The lowest BCUT2D eigenvalue weighted by Gasteiger charge is -2.30. The van der Waals surface area contributed by atoms with Crippen LogP contribution in [0.5, 0.6) is 0 Å². The van der Waals surface area contributed by atoms with Crippen LogP contribution in [-0.2, 0) is 11.2 Å². The molecule has 0 radical (unpaired) electrons. The van der Waals surface area contributed by atoms with Crippen LogP contribution in [0.2, 0.25) is 0 Å². The monoisotopic (exact) mass is 234 g/mol. The second kappa shape index (κ2) is 6.12. The van der Waals surface area contributed by atoms with Gasteiger partial charge in [-0.3, -0.25) is 4.98 Å². The number of nitrogens with one attached hydrogen (secondary N) is 1. The third kappa shape index (κ3) is 3.27. The van der Waals surface area contributed by atoms with Gasteiger partial charge in [-0.25, -0.2) is 0 Å². The van der Waals surface area contributed by atoms with E-state index in [1.54, 1.807) is 0 Å². The van der Waals surface area contributed by atoms with E-state index in [1.165, 1.54) is 24.1 Å². The second-order valence-corrected chi connectivity index (χ2v) is 4.84. The standard InChI is InChI=1S/C14H22N2O/c1-11-5-3-7-16-13(11)9-14(15-2)12-6-4-8-17-10-12/h3,5,7,12,14-15H,4,6,8-10H2,1-2H3. The highest BCUT2D eigenvalue weighted by Gasteiger charge is 2.23.